The molecule has 8 nitrogen and oxygen atoms in total. The van der Waals surface area contributed by atoms with Gasteiger partial charge in [-0.15, -0.1) is 0 Å². The fraction of sp³-hybridized carbons (Fsp3) is 0.360. The quantitative estimate of drug-likeness (QED) is 0.533. The molecule has 178 valence electrons. The van der Waals surface area contributed by atoms with Crippen LogP contribution in [0.15, 0.2) is 24.5 Å². The Kier molecular flexibility index (Phi) is 7.65. The molecule has 0 fully saturated rings. The molecule has 0 bridgehead atoms. The Hall–Kier alpha value is -3.75. The van der Waals surface area contributed by atoms with Gasteiger partial charge in [0.15, 0.2) is 11.5 Å². The van der Waals surface area contributed by atoms with Crippen LogP contribution in [0, 0.1) is 33.5 Å². The van der Waals surface area contributed by atoms with E-state index in [2.05, 4.69) is 25.3 Å². The van der Waals surface area contributed by atoms with E-state index >= 15 is 0 Å². The molecule has 2 aromatic heterocycles. The van der Waals surface area contributed by atoms with Gasteiger partial charge < -0.3 is 10.1 Å². The van der Waals surface area contributed by atoms with Crippen molar-refractivity contribution in [1.29, 1.82) is 0 Å². The SMILES string of the molecule is CCC(=O)N[C@@H](C)C(=O)Cc1cc(F)cc(-c2c(C)nc(Oc3cnc(C)nc3)nc2C)c1C. The molecule has 3 aromatic rings. The van der Waals surface area contributed by atoms with Crippen molar-refractivity contribution in [3.05, 3.63) is 58.7 Å². The van der Waals surface area contributed by atoms with E-state index in [1.54, 1.807) is 34.6 Å². The molecule has 3 rings (SSSR count). The Morgan fingerprint density at radius 1 is 1.06 bits per heavy atom. The van der Waals surface area contributed by atoms with Crippen LogP contribution in [0.4, 0.5) is 4.39 Å². The molecule has 0 radical (unpaired) electrons. The molecule has 2 heterocycles. The van der Waals surface area contributed by atoms with Gasteiger partial charge in [0.05, 0.1) is 29.8 Å². The second kappa shape index (κ2) is 10.5. The maximum Gasteiger partial charge on any atom is 0.322 e. The van der Waals surface area contributed by atoms with Crippen LogP contribution in [0.5, 0.6) is 11.8 Å². The fourth-order valence-electron chi connectivity index (χ4n) is 3.60. The van der Waals surface area contributed by atoms with Crippen molar-refractivity contribution < 1.29 is 18.7 Å². The van der Waals surface area contributed by atoms with E-state index in [0.29, 0.717) is 39.7 Å². The molecular weight excluding hydrogens is 437 g/mol. The minimum absolute atomic E-state index is 0.00464. The lowest BCUT2D eigenvalue weighted by Crippen LogP contribution is -2.39. The van der Waals surface area contributed by atoms with Gasteiger partial charge in [-0.2, -0.15) is 9.97 Å². The number of nitrogens with zero attached hydrogens (tertiary/aromatic N) is 4. The minimum atomic E-state index is -0.660. The molecular formula is C25H28FN5O3. The summed E-state index contributed by atoms with van der Waals surface area (Å²) in [7, 11) is 0. The lowest BCUT2D eigenvalue weighted by molar-refractivity contribution is -0.126. The van der Waals surface area contributed by atoms with Crippen molar-refractivity contribution in [1.82, 2.24) is 25.3 Å². The van der Waals surface area contributed by atoms with E-state index in [1.807, 2.05) is 6.92 Å². The number of hydrogen-bond donors (Lipinski definition) is 1. The minimum Gasteiger partial charge on any atom is -0.421 e. The number of nitrogens with one attached hydrogen (secondary N) is 1. The van der Waals surface area contributed by atoms with Gasteiger partial charge in [-0.1, -0.05) is 6.92 Å². The highest BCUT2D eigenvalue weighted by molar-refractivity contribution is 5.90. The first-order valence-electron chi connectivity index (χ1n) is 11.0. The molecule has 0 saturated carbocycles. The lowest BCUT2D eigenvalue weighted by Gasteiger charge is -2.17. The number of carbonyl (C=O) groups excluding carboxylic acids is 2. The van der Waals surface area contributed by atoms with Crippen molar-refractivity contribution >= 4 is 11.7 Å². The molecule has 1 aromatic carbocycles. The van der Waals surface area contributed by atoms with Crippen LogP contribution in [0.25, 0.3) is 11.1 Å². The highest BCUT2D eigenvalue weighted by Gasteiger charge is 2.21. The van der Waals surface area contributed by atoms with Gasteiger partial charge in [0.2, 0.25) is 5.91 Å². The smallest absolute Gasteiger partial charge is 0.322 e. The van der Waals surface area contributed by atoms with Gasteiger partial charge in [0, 0.05) is 18.4 Å². The van der Waals surface area contributed by atoms with E-state index in [4.69, 9.17) is 4.74 Å². The lowest BCUT2D eigenvalue weighted by atomic mass is 9.91. The molecule has 1 amide bonds. The Balaban J connectivity index is 1.92. The third-order valence-electron chi connectivity index (χ3n) is 5.51. The van der Waals surface area contributed by atoms with Crippen LogP contribution in [-0.4, -0.2) is 37.7 Å². The van der Waals surface area contributed by atoms with Crippen LogP contribution < -0.4 is 10.1 Å². The third-order valence-corrected chi connectivity index (χ3v) is 5.51. The van der Waals surface area contributed by atoms with Gasteiger partial charge in [0.25, 0.3) is 0 Å². The first kappa shape index (κ1) is 24.9. The standard InChI is InChI=1S/C25H28FN5O3/c1-7-23(33)29-14(3)22(32)9-18-8-19(26)10-21(13(18)2)24-15(4)30-25(31-16(24)5)34-20-11-27-17(6)28-12-20/h8,10-12,14H,7,9H2,1-6H3,(H,29,33)/t14-/m0/s1. The van der Waals surface area contributed by atoms with Crippen molar-refractivity contribution in [3.8, 4) is 22.9 Å². The summed E-state index contributed by atoms with van der Waals surface area (Å²) < 4.78 is 20.3. The Bertz CT molecular complexity index is 1200. The summed E-state index contributed by atoms with van der Waals surface area (Å²) >= 11 is 0. The number of rotatable bonds is 8. The van der Waals surface area contributed by atoms with Crippen LogP contribution in [-0.2, 0) is 16.0 Å². The highest BCUT2D eigenvalue weighted by atomic mass is 19.1. The molecule has 0 unspecified atom stereocenters. The number of benzene rings is 1. The average molecular weight is 466 g/mol. The zero-order valence-corrected chi connectivity index (χ0v) is 20.2. The normalized spacial score (nSPS) is 11.7. The molecule has 34 heavy (non-hydrogen) atoms. The molecule has 0 saturated heterocycles. The number of ether oxygens (including phenoxy) is 1. The number of amides is 1. The number of aromatic nitrogens is 4. The summed E-state index contributed by atoms with van der Waals surface area (Å²) in [5, 5.41) is 2.65. The molecule has 1 atom stereocenters. The first-order chi connectivity index (χ1) is 16.1. The molecule has 0 spiro atoms. The highest BCUT2D eigenvalue weighted by Crippen LogP contribution is 2.33. The summed E-state index contributed by atoms with van der Waals surface area (Å²) in [5.74, 6) is 0.151. The number of aryl methyl sites for hydroxylation is 3. The first-order valence-corrected chi connectivity index (χ1v) is 11.0. The molecule has 0 aliphatic heterocycles. The van der Waals surface area contributed by atoms with E-state index in [9.17, 15) is 14.0 Å². The maximum absolute atomic E-state index is 14.6. The summed E-state index contributed by atoms with van der Waals surface area (Å²) in [6, 6.07) is 2.24. The van der Waals surface area contributed by atoms with E-state index in [0.717, 1.165) is 5.56 Å². The molecule has 1 N–H and O–H groups in total. The van der Waals surface area contributed by atoms with Crippen LogP contribution in [0.1, 0.15) is 48.6 Å². The van der Waals surface area contributed by atoms with E-state index in [1.165, 1.54) is 24.5 Å². The van der Waals surface area contributed by atoms with Gasteiger partial charge in [-0.3, -0.25) is 9.59 Å². The van der Waals surface area contributed by atoms with Gasteiger partial charge in [-0.05, 0) is 63.4 Å². The second-order valence-corrected chi connectivity index (χ2v) is 8.14. The van der Waals surface area contributed by atoms with Crippen LogP contribution in [0.3, 0.4) is 0 Å². The Morgan fingerprint density at radius 2 is 1.68 bits per heavy atom. The van der Waals surface area contributed by atoms with Gasteiger partial charge in [0.1, 0.15) is 11.6 Å². The van der Waals surface area contributed by atoms with Crippen molar-refractivity contribution in [2.24, 2.45) is 0 Å². The zero-order valence-electron chi connectivity index (χ0n) is 20.2. The van der Waals surface area contributed by atoms with Crippen molar-refractivity contribution in [2.45, 2.75) is 60.4 Å². The maximum atomic E-state index is 14.6. The molecule has 0 aliphatic carbocycles. The van der Waals surface area contributed by atoms with Gasteiger partial charge in [-0.25, -0.2) is 14.4 Å². The third kappa shape index (κ3) is 5.78. The monoisotopic (exact) mass is 465 g/mol. The number of ketones is 1. The van der Waals surface area contributed by atoms with Crippen molar-refractivity contribution in [2.75, 3.05) is 0 Å². The largest absolute Gasteiger partial charge is 0.421 e. The fourth-order valence-corrected chi connectivity index (χ4v) is 3.60. The van der Waals surface area contributed by atoms with Crippen LogP contribution in [0.2, 0.25) is 0 Å². The predicted octanol–water partition coefficient (Wildman–Crippen LogP) is 4.12. The summed E-state index contributed by atoms with van der Waals surface area (Å²) in [4.78, 5) is 41.3. The van der Waals surface area contributed by atoms with Crippen LogP contribution >= 0.6 is 0 Å². The topological polar surface area (TPSA) is 107 Å². The number of halogens is 1. The van der Waals surface area contributed by atoms with E-state index in [-0.39, 0.29) is 30.5 Å². The summed E-state index contributed by atoms with van der Waals surface area (Å²) in [6.45, 7) is 10.5. The second-order valence-electron chi connectivity index (χ2n) is 8.14. The number of hydrogen-bond acceptors (Lipinski definition) is 7. The summed E-state index contributed by atoms with van der Waals surface area (Å²) in [6.07, 6.45) is 3.35. The predicted molar refractivity (Wildman–Crippen MR) is 125 cm³/mol. The molecule has 0 aliphatic rings. The number of carbonyl (C=O) groups is 2. The Labute approximate surface area is 198 Å². The van der Waals surface area contributed by atoms with Gasteiger partial charge >= 0.3 is 6.01 Å². The Morgan fingerprint density at radius 3 is 2.26 bits per heavy atom. The van der Waals surface area contributed by atoms with Crippen molar-refractivity contribution in [3.63, 3.8) is 0 Å². The number of Topliss-reactive ketones (excluding diaryl/α,β-unsaturated/α-hetero) is 1. The zero-order chi connectivity index (χ0) is 25.0. The molecule has 9 heteroatoms. The summed E-state index contributed by atoms with van der Waals surface area (Å²) in [5.41, 5.74) is 3.78. The van der Waals surface area contributed by atoms with E-state index < -0.39 is 11.9 Å². The average Bonchev–Trinajstić information content (AvgIpc) is 2.77.